The molecule has 0 saturated heterocycles. The third-order valence-corrected chi connectivity index (χ3v) is 4.86. The average molecular weight is 403 g/mol. The van der Waals surface area contributed by atoms with Crippen LogP contribution < -0.4 is 0 Å². The van der Waals surface area contributed by atoms with Crippen LogP contribution in [0.2, 0.25) is 0 Å². The molecule has 0 aliphatic heterocycles. The zero-order valence-corrected chi connectivity index (χ0v) is 17.6. The van der Waals surface area contributed by atoms with E-state index in [0.29, 0.717) is 17.8 Å². The van der Waals surface area contributed by atoms with Gasteiger partial charge in [-0.1, -0.05) is 37.3 Å². The van der Waals surface area contributed by atoms with Crippen molar-refractivity contribution in [3.8, 4) is 22.9 Å². The van der Waals surface area contributed by atoms with Crippen LogP contribution in [0.15, 0.2) is 48.5 Å². The SMILES string of the molecule is CCCc1nc(C(C)(C)O)c(C(=O)OC)n1-c1ccc(-c2ccccc2C#N)cc1. The van der Waals surface area contributed by atoms with E-state index in [9.17, 15) is 15.2 Å². The Hall–Kier alpha value is -3.43. The summed E-state index contributed by atoms with van der Waals surface area (Å²) in [6.07, 6.45) is 1.47. The maximum Gasteiger partial charge on any atom is 0.357 e. The van der Waals surface area contributed by atoms with Crippen LogP contribution in [0.4, 0.5) is 0 Å². The minimum Gasteiger partial charge on any atom is -0.464 e. The molecule has 0 atom stereocenters. The van der Waals surface area contributed by atoms with E-state index in [1.165, 1.54) is 7.11 Å². The second-order valence-electron chi connectivity index (χ2n) is 7.57. The van der Waals surface area contributed by atoms with Gasteiger partial charge in [0, 0.05) is 12.1 Å². The Morgan fingerprint density at radius 3 is 2.43 bits per heavy atom. The number of benzene rings is 2. The number of aromatic nitrogens is 2. The summed E-state index contributed by atoms with van der Waals surface area (Å²) in [5, 5.41) is 20.0. The topological polar surface area (TPSA) is 88.1 Å². The van der Waals surface area contributed by atoms with Crippen LogP contribution in [0.3, 0.4) is 0 Å². The Balaban J connectivity index is 2.18. The van der Waals surface area contributed by atoms with Gasteiger partial charge in [-0.25, -0.2) is 9.78 Å². The first-order valence-corrected chi connectivity index (χ1v) is 9.84. The Morgan fingerprint density at radius 1 is 1.20 bits per heavy atom. The van der Waals surface area contributed by atoms with Gasteiger partial charge in [0.15, 0.2) is 5.69 Å². The molecule has 0 amide bonds. The number of hydrogen-bond donors (Lipinski definition) is 1. The molecule has 154 valence electrons. The van der Waals surface area contributed by atoms with Gasteiger partial charge in [0.25, 0.3) is 0 Å². The van der Waals surface area contributed by atoms with Gasteiger partial charge in [0.1, 0.15) is 17.1 Å². The molecular formula is C24H25N3O3. The monoisotopic (exact) mass is 403 g/mol. The first-order chi connectivity index (χ1) is 14.3. The molecule has 1 aromatic heterocycles. The van der Waals surface area contributed by atoms with E-state index in [-0.39, 0.29) is 11.4 Å². The summed E-state index contributed by atoms with van der Waals surface area (Å²) in [6.45, 7) is 5.23. The smallest absolute Gasteiger partial charge is 0.357 e. The van der Waals surface area contributed by atoms with Gasteiger partial charge in [-0.3, -0.25) is 4.57 Å². The number of imidazole rings is 1. The average Bonchev–Trinajstić information content (AvgIpc) is 3.13. The van der Waals surface area contributed by atoms with Crippen LogP contribution in [0.5, 0.6) is 0 Å². The predicted octanol–water partition coefficient (Wildman–Crippen LogP) is 4.38. The van der Waals surface area contributed by atoms with Crippen molar-refractivity contribution in [1.82, 2.24) is 9.55 Å². The van der Waals surface area contributed by atoms with Gasteiger partial charge in [0.2, 0.25) is 0 Å². The molecule has 3 aromatic rings. The maximum atomic E-state index is 12.6. The van der Waals surface area contributed by atoms with Gasteiger partial charge in [-0.2, -0.15) is 5.26 Å². The number of hydrogen-bond acceptors (Lipinski definition) is 5. The molecule has 0 spiro atoms. The van der Waals surface area contributed by atoms with E-state index < -0.39 is 11.6 Å². The number of ether oxygens (including phenoxy) is 1. The zero-order valence-electron chi connectivity index (χ0n) is 17.6. The molecule has 30 heavy (non-hydrogen) atoms. The first kappa shape index (κ1) is 21.3. The molecule has 0 aliphatic carbocycles. The number of nitrogens with zero attached hydrogens (tertiary/aromatic N) is 3. The van der Waals surface area contributed by atoms with Crippen molar-refractivity contribution < 1.29 is 14.6 Å². The Kier molecular flexibility index (Phi) is 6.04. The van der Waals surface area contributed by atoms with Crippen molar-refractivity contribution in [2.45, 2.75) is 39.2 Å². The molecule has 1 N–H and O–H groups in total. The molecule has 0 bridgehead atoms. The number of aryl methyl sites for hydroxylation is 1. The largest absolute Gasteiger partial charge is 0.464 e. The normalized spacial score (nSPS) is 11.2. The fourth-order valence-corrected chi connectivity index (χ4v) is 3.47. The number of carbonyl (C=O) groups excluding carboxylic acids is 1. The number of esters is 1. The standard InChI is InChI=1S/C24H25N3O3/c1-5-8-20-26-22(24(2,3)29)21(23(28)30-4)27(20)18-13-11-16(12-14-18)19-10-7-6-9-17(19)15-25/h6-7,9-14,29H,5,8H2,1-4H3. The molecule has 0 radical (unpaired) electrons. The van der Waals surface area contributed by atoms with Crippen LogP contribution in [0.25, 0.3) is 16.8 Å². The van der Waals surface area contributed by atoms with E-state index in [0.717, 1.165) is 23.2 Å². The highest BCUT2D eigenvalue weighted by molar-refractivity contribution is 5.90. The van der Waals surface area contributed by atoms with Crippen molar-refractivity contribution in [2.75, 3.05) is 7.11 Å². The lowest BCUT2D eigenvalue weighted by molar-refractivity contribution is 0.0535. The molecule has 0 saturated carbocycles. The third kappa shape index (κ3) is 3.98. The molecular weight excluding hydrogens is 378 g/mol. The number of aliphatic hydroxyl groups is 1. The summed E-state index contributed by atoms with van der Waals surface area (Å²) in [5.41, 5.74) is 2.28. The Bertz CT molecular complexity index is 1100. The lowest BCUT2D eigenvalue weighted by atomic mass is 10.00. The summed E-state index contributed by atoms with van der Waals surface area (Å²) >= 11 is 0. The van der Waals surface area contributed by atoms with Crippen LogP contribution in [-0.2, 0) is 16.8 Å². The number of nitriles is 1. The summed E-state index contributed by atoms with van der Waals surface area (Å²) in [4.78, 5) is 17.2. The summed E-state index contributed by atoms with van der Waals surface area (Å²) in [6, 6.07) is 17.2. The molecule has 0 unspecified atom stereocenters. The van der Waals surface area contributed by atoms with Gasteiger partial charge in [-0.15, -0.1) is 0 Å². The van der Waals surface area contributed by atoms with E-state index in [2.05, 4.69) is 11.1 Å². The molecule has 3 rings (SSSR count). The maximum absolute atomic E-state index is 12.6. The first-order valence-electron chi connectivity index (χ1n) is 9.84. The highest BCUT2D eigenvalue weighted by Crippen LogP contribution is 2.30. The summed E-state index contributed by atoms with van der Waals surface area (Å²) < 4.78 is 6.75. The van der Waals surface area contributed by atoms with Crippen LogP contribution in [0, 0.1) is 11.3 Å². The highest BCUT2D eigenvalue weighted by Gasteiger charge is 2.32. The molecule has 6 heteroatoms. The predicted molar refractivity (Wildman–Crippen MR) is 114 cm³/mol. The van der Waals surface area contributed by atoms with Crippen molar-refractivity contribution >= 4 is 5.97 Å². The summed E-state index contributed by atoms with van der Waals surface area (Å²) in [7, 11) is 1.31. The van der Waals surface area contributed by atoms with E-state index >= 15 is 0 Å². The Morgan fingerprint density at radius 2 is 1.87 bits per heavy atom. The van der Waals surface area contributed by atoms with Crippen molar-refractivity contribution in [2.24, 2.45) is 0 Å². The van der Waals surface area contributed by atoms with Crippen LogP contribution in [-0.4, -0.2) is 27.7 Å². The second kappa shape index (κ2) is 8.52. The summed E-state index contributed by atoms with van der Waals surface area (Å²) in [5.74, 6) is 0.126. The van der Waals surface area contributed by atoms with Crippen molar-refractivity contribution in [3.63, 3.8) is 0 Å². The van der Waals surface area contributed by atoms with Gasteiger partial charge >= 0.3 is 5.97 Å². The van der Waals surface area contributed by atoms with E-state index in [4.69, 9.17) is 4.74 Å². The highest BCUT2D eigenvalue weighted by atomic mass is 16.5. The minimum atomic E-state index is -1.30. The van der Waals surface area contributed by atoms with Crippen LogP contribution >= 0.6 is 0 Å². The molecule has 1 heterocycles. The number of carbonyl (C=O) groups is 1. The van der Waals surface area contributed by atoms with Gasteiger partial charge < -0.3 is 9.84 Å². The lowest BCUT2D eigenvalue weighted by Gasteiger charge is -2.17. The van der Waals surface area contributed by atoms with Crippen LogP contribution in [0.1, 0.15) is 54.8 Å². The second-order valence-corrected chi connectivity index (χ2v) is 7.57. The molecule has 0 fully saturated rings. The fraction of sp³-hybridized carbons (Fsp3) is 0.292. The molecule has 0 aliphatic rings. The minimum absolute atomic E-state index is 0.221. The number of methoxy groups -OCH3 is 1. The van der Waals surface area contributed by atoms with E-state index in [1.807, 2.05) is 49.4 Å². The van der Waals surface area contributed by atoms with Crippen molar-refractivity contribution in [3.05, 3.63) is 71.3 Å². The number of rotatable bonds is 6. The quantitative estimate of drug-likeness (QED) is 0.617. The van der Waals surface area contributed by atoms with Gasteiger partial charge in [0.05, 0.1) is 18.7 Å². The third-order valence-electron chi connectivity index (χ3n) is 4.86. The fourth-order valence-electron chi connectivity index (χ4n) is 3.47. The Labute approximate surface area is 176 Å². The van der Waals surface area contributed by atoms with Crippen molar-refractivity contribution in [1.29, 1.82) is 5.26 Å². The molecule has 2 aromatic carbocycles. The zero-order chi connectivity index (χ0) is 21.9. The van der Waals surface area contributed by atoms with E-state index in [1.54, 1.807) is 24.5 Å². The van der Waals surface area contributed by atoms with Gasteiger partial charge in [-0.05, 0) is 49.6 Å². The molecule has 6 nitrogen and oxygen atoms in total. The lowest BCUT2D eigenvalue weighted by Crippen LogP contribution is -2.22.